The summed E-state index contributed by atoms with van der Waals surface area (Å²) in [5.74, 6) is 1.29. The van der Waals surface area contributed by atoms with Gasteiger partial charge in [-0.05, 0) is 35.6 Å². The van der Waals surface area contributed by atoms with Crippen molar-refractivity contribution < 1.29 is 4.79 Å². The Bertz CT molecular complexity index is 1250. The van der Waals surface area contributed by atoms with E-state index in [0.29, 0.717) is 6.42 Å². The second-order valence-corrected chi connectivity index (χ2v) is 8.65. The molecule has 0 saturated heterocycles. The number of nitrogens with zero attached hydrogens (tertiary/aromatic N) is 2. The lowest BCUT2D eigenvalue weighted by atomic mass is 9.80. The van der Waals surface area contributed by atoms with Crippen LogP contribution in [0.4, 0.5) is 5.95 Å². The van der Waals surface area contributed by atoms with Crippen molar-refractivity contribution in [3.05, 3.63) is 93.8 Å². The van der Waals surface area contributed by atoms with E-state index in [4.69, 9.17) is 4.98 Å². The number of thiophene rings is 1. The highest BCUT2D eigenvalue weighted by Gasteiger charge is 2.39. The third-order valence-corrected chi connectivity index (χ3v) is 6.99. The van der Waals surface area contributed by atoms with Gasteiger partial charge in [0, 0.05) is 28.5 Å². The number of rotatable bonds is 2. The Labute approximate surface area is 172 Å². The van der Waals surface area contributed by atoms with E-state index in [1.165, 1.54) is 4.88 Å². The molecule has 0 fully saturated rings. The summed E-state index contributed by atoms with van der Waals surface area (Å²) < 4.78 is 2.19. The Morgan fingerprint density at radius 2 is 1.79 bits per heavy atom. The van der Waals surface area contributed by atoms with Crippen LogP contribution in [-0.2, 0) is 4.79 Å². The van der Waals surface area contributed by atoms with Crippen molar-refractivity contribution >= 4 is 34.1 Å². The fourth-order valence-corrected chi connectivity index (χ4v) is 5.53. The Balaban J connectivity index is 1.56. The van der Waals surface area contributed by atoms with E-state index < -0.39 is 0 Å². The Kier molecular flexibility index (Phi) is 3.71. The molecule has 2 aromatic carbocycles. The molecule has 0 amide bonds. The number of Topliss-reactive ketones (excluding diaryl/α,β-unsaturated/α-hetero) is 1. The van der Waals surface area contributed by atoms with Crippen LogP contribution >= 0.6 is 11.3 Å². The number of fused-ring (bicyclic) bond motifs is 3. The van der Waals surface area contributed by atoms with Crippen LogP contribution in [0.15, 0.2) is 83.4 Å². The minimum Gasteiger partial charge on any atom is -0.329 e. The first kappa shape index (κ1) is 16.7. The maximum Gasteiger partial charge on any atom is 0.209 e. The molecule has 1 N–H and O–H groups in total. The summed E-state index contributed by atoms with van der Waals surface area (Å²) in [5.41, 5.74) is 5.02. The number of para-hydroxylation sites is 2. The van der Waals surface area contributed by atoms with E-state index >= 15 is 0 Å². The average Bonchev–Trinajstić information content (AvgIpc) is 3.40. The molecule has 142 valence electrons. The first-order chi connectivity index (χ1) is 14.3. The molecule has 0 bridgehead atoms. The lowest BCUT2D eigenvalue weighted by Crippen LogP contribution is -2.32. The molecule has 4 aromatic rings. The number of hydrogen-bond donors (Lipinski definition) is 1. The van der Waals surface area contributed by atoms with E-state index in [9.17, 15) is 4.79 Å². The Morgan fingerprint density at radius 1 is 0.966 bits per heavy atom. The molecule has 0 radical (unpaired) electrons. The van der Waals surface area contributed by atoms with Crippen LogP contribution in [0.1, 0.15) is 35.2 Å². The van der Waals surface area contributed by atoms with Crippen molar-refractivity contribution in [1.29, 1.82) is 0 Å². The van der Waals surface area contributed by atoms with E-state index in [1.807, 2.05) is 36.4 Å². The number of nitrogens with one attached hydrogen (secondary N) is 1. The van der Waals surface area contributed by atoms with Crippen LogP contribution in [0, 0.1) is 0 Å². The molecular weight excluding hydrogens is 378 g/mol. The molecule has 6 rings (SSSR count). The summed E-state index contributed by atoms with van der Waals surface area (Å²) >= 11 is 1.73. The number of anilines is 1. The monoisotopic (exact) mass is 397 g/mol. The molecule has 4 nitrogen and oxygen atoms in total. The molecule has 5 heteroatoms. The Morgan fingerprint density at radius 3 is 2.62 bits per heavy atom. The first-order valence-electron chi connectivity index (χ1n) is 9.88. The van der Waals surface area contributed by atoms with Gasteiger partial charge in [0.2, 0.25) is 5.95 Å². The molecule has 29 heavy (non-hydrogen) atoms. The summed E-state index contributed by atoms with van der Waals surface area (Å²) in [6.45, 7) is 0. The largest absolute Gasteiger partial charge is 0.329 e. The first-order valence-corrected chi connectivity index (χ1v) is 10.8. The molecule has 2 aromatic heterocycles. The van der Waals surface area contributed by atoms with Gasteiger partial charge in [-0.25, -0.2) is 4.98 Å². The van der Waals surface area contributed by atoms with Gasteiger partial charge in [-0.2, -0.15) is 0 Å². The quantitative estimate of drug-likeness (QED) is 0.485. The maximum absolute atomic E-state index is 13.5. The van der Waals surface area contributed by atoms with E-state index in [2.05, 4.69) is 45.6 Å². The molecular formula is C24H19N3OS. The standard InChI is InChI=1S/C24H19N3OS/c28-20-14-16(21-11-6-12-29-21)13-18-22(20)23(15-7-2-1-3-8-15)27-19-10-5-4-9-17(19)25-24(27)26-18/h1-12,16,23H,13-14H2,(H,25,26)/t16-,23+/m0/s1. The lowest BCUT2D eigenvalue weighted by molar-refractivity contribution is -0.116. The van der Waals surface area contributed by atoms with Gasteiger partial charge in [0.15, 0.2) is 5.78 Å². The van der Waals surface area contributed by atoms with Gasteiger partial charge in [-0.1, -0.05) is 48.5 Å². The fourth-order valence-electron chi connectivity index (χ4n) is 4.70. The van der Waals surface area contributed by atoms with E-state index in [1.54, 1.807) is 11.3 Å². The normalized spacial score (nSPS) is 21.0. The van der Waals surface area contributed by atoms with Gasteiger partial charge in [0.25, 0.3) is 0 Å². The minimum atomic E-state index is -0.147. The SMILES string of the molecule is O=C1C[C@@H](c2cccs2)CC2=C1[C@@H](c1ccccc1)n1c(nc3ccccc31)N2. The molecule has 0 saturated carbocycles. The van der Waals surface area contributed by atoms with E-state index in [0.717, 1.165) is 40.2 Å². The number of aromatic nitrogens is 2. The van der Waals surface area contributed by atoms with Crippen LogP contribution in [0.25, 0.3) is 11.0 Å². The number of imidazole rings is 1. The van der Waals surface area contributed by atoms with E-state index in [-0.39, 0.29) is 17.7 Å². The third kappa shape index (κ3) is 2.58. The number of benzene rings is 2. The van der Waals surface area contributed by atoms with Crippen molar-refractivity contribution in [3.8, 4) is 0 Å². The highest BCUT2D eigenvalue weighted by Crippen LogP contribution is 2.46. The summed E-state index contributed by atoms with van der Waals surface area (Å²) in [6, 6.07) is 22.5. The molecule has 2 aliphatic rings. The maximum atomic E-state index is 13.5. The van der Waals surface area contributed by atoms with Gasteiger partial charge < -0.3 is 5.32 Å². The predicted molar refractivity (Wildman–Crippen MR) is 116 cm³/mol. The summed E-state index contributed by atoms with van der Waals surface area (Å²) in [7, 11) is 0. The zero-order chi connectivity index (χ0) is 19.4. The molecule has 2 atom stereocenters. The second kappa shape index (κ2) is 6.42. The third-order valence-electron chi connectivity index (χ3n) is 5.96. The average molecular weight is 398 g/mol. The molecule has 0 spiro atoms. The van der Waals surface area contributed by atoms with Crippen molar-refractivity contribution in [2.24, 2.45) is 0 Å². The molecule has 1 aliphatic heterocycles. The fraction of sp³-hybridized carbons (Fsp3) is 0.167. The number of hydrogen-bond acceptors (Lipinski definition) is 4. The second-order valence-electron chi connectivity index (χ2n) is 7.67. The number of allylic oxidation sites excluding steroid dienone is 2. The minimum absolute atomic E-state index is 0.147. The summed E-state index contributed by atoms with van der Waals surface area (Å²) in [4.78, 5) is 19.6. The van der Waals surface area contributed by atoms with Gasteiger partial charge in [-0.3, -0.25) is 9.36 Å². The van der Waals surface area contributed by atoms with Crippen LogP contribution in [-0.4, -0.2) is 15.3 Å². The molecule has 3 heterocycles. The number of ketones is 1. The topological polar surface area (TPSA) is 46.9 Å². The van der Waals surface area contributed by atoms with Crippen LogP contribution in [0.3, 0.4) is 0 Å². The number of carbonyl (C=O) groups excluding carboxylic acids is 1. The van der Waals surface area contributed by atoms with Crippen LogP contribution < -0.4 is 5.32 Å². The van der Waals surface area contributed by atoms with Gasteiger partial charge in [-0.15, -0.1) is 11.3 Å². The lowest BCUT2D eigenvalue weighted by Gasteiger charge is -2.36. The number of carbonyl (C=O) groups is 1. The highest BCUT2D eigenvalue weighted by molar-refractivity contribution is 7.10. The van der Waals surface area contributed by atoms with Crippen molar-refractivity contribution in [2.75, 3.05) is 5.32 Å². The van der Waals surface area contributed by atoms with Crippen molar-refractivity contribution in [1.82, 2.24) is 9.55 Å². The molecule has 1 aliphatic carbocycles. The smallest absolute Gasteiger partial charge is 0.209 e. The van der Waals surface area contributed by atoms with Crippen LogP contribution in [0.2, 0.25) is 0 Å². The zero-order valence-electron chi connectivity index (χ0n) is 15.7. The summed E-state index contributed by atoms with van der Waals surface area (Å²) in [5, 5.41) is 5.61. The molecule has 0 unspecified atom stereocenters. The van der Waals surface area contributed by atoms with Gasteiger partial charge in [0.1, 0.15) is 0 Å². The summed E-state index contributed by atoms with van der Waals surface area (Å²) in [6.07, 6.45) is 1.40. The van der Waals surface area contributed by atoms with Gasteiger partial charge in [0.05, 0.1) is 17.1 Å². The van der Waals surface area contributed by atoms with Crippen molar-refractivity contribution in [3.63, 3.8) is 0 Å². The highest BCUT2D eigenvalue weighted by atomic mass is 32.1. The zero-order valence-corrected chi connectivity index (χ0v) is 16.5. The van der Waals surface area contributed by atoms with Crippen LogP contribution in [0.5, 0.6) is 0 Å². The Hall–Kier alpha value is -3.18. The predicted octanol–water partition coefficient (Wildman–Crippen LogP) is 5.51. The van der Waals surface area contributed by atoms with Gasteiger partial charge >= 0.3 is 0 Å². The van der Waals surface area contributed by atoms with Crippen molar-refractivity contribution in [2.45, 2.75) is 24.8 Å².